The molecule has 2 amide bonds. The van der Waals surface area contributed by atoms with Gasteiger partial charge in [-0.25, -0.2) is 14.4 Å². The van der Waals surface area contributed by atoms with E-state index in [2.05, 4.69) is 26.9 Å². The number of aryl methyl sites for hydroxylation is 1. The minimum Gasteiger partial charge on any atom is -0.436 e. The summed E-state index contributed by atoms with van der Waals surface area (Å²) >= 11 is 0. The molecule has 0 aliphatic carbocycles. The minimum atomic E-state index is -0.987. The van der Waals surface area contributed by atoms with Gasteiger partial charge in [0, 0.05) is 38.6 Å². The quantitative estimate of drug-likeness (QED) is 0.292. The molecule has 4 aromatic rings. The Kier molecular flexibility index (Phi) is 8.69. The molecule has 12 heteroatoms. The van der Waals surface area contributed by atoms with Gasteiger partial charge in [0.05, 0.1) is 22.1 Å². The molecule has 3 saturated heterocycles. The second kappa shape index (κ2) is 13.1. The Hall–Kier alpha value is -4.32. The largest absolute Gasteiger partial charge is 0.436 e. The van der Waals surface area contributed by atoms with Gasteiger partial charge in [0.15, 0.2) is 6.10 Å². The topological polar surface area (TPSA) is 140 Å². The summed E-state index contributed by atoms with van der Waals surface area (Å²) in [5.41, 5.74) is 4.31. The van der Waals surface area contributed by atoms with Gasteiger partial charge < -0.3 is 34.4 Å². The third-order valence-electron chi connectivity index (χ3n) is 10.8. The number of amides is 2. The number of piperidine rings is 3. The number of benzene rings is 2. The van der Waals surface area contributed by atoms with Crippen LogP contribution in [0.2, 0.25) is 0 Å². The number of aromatic amines is 3. The van der Waals surface area contributed by atoms with Crippen LogP contribution in [0.25, 0.3) is 22.1 Å². The van der Waals surface area contributed by atoms with Gasteiger partial charge in [-0.05, 0) is 107 Å². The number of carbonyl (C=O) groups is 2. The van der Waals surface area contributed by atoms with Crippen LogP contribution in [0.3, 0.4) is 0 Å². The Morgan fingerprint density at radius 3 is 2.21 bits per heavy atom. The van der Waals surface area contributed by atoms with Crippen molar-refractivity contribution in [2.75, 3.05) is 46.3 Å². The molecule has 0 saturated carbocycles. The molecular weight excluding hydrogens is 598 g/mol. The van der Waals surface area contributed by atoms with E-state index in [4.69, 9.17) is 4.74 Å². The first-order valence-electron chi connectivity index (χ1n) is 17.1. The molecule has 0 spiro atoms. The summed E-state index contributed by atoms with van der Waals surface area (Å²) in [6.45, 7) is 6.36. The van der Waals surface area contributed by atoms with Crippen molar-refractivity contribution in [2.24, 2.45) is 11.8 Å². The fraction of sp³-hybridized carbons (Fsp3) is 0.543. The number of para-hydroxylation sites is 2. The number of fused-ring (bicyclic) bond motifs is 2. The zero-order valence-electron chi connectivity index (χ0n) is 27.3. The molecule has 3 N–H and O–H groups in total. The Morgan fingerprint density at radius 1 is 0.830 bits per heavy atom. The highest BCUT2D eigenvalue weighted by molar-refractivity contribution is 5.85. The van der Waals surface area contributed by atoms with Gasteiger partial charge in [-0.3, -0.25) is 9.36 Å². The van der Waals surface area contributed by atoms with Crippen LogP contribution in [-0.2, 0) is 16.0 Å². The summed E-state index contributed by atoms with van der Waals surface area (Å²) in [5.74, 6) is 1.16. The molecule has 0 radical (unpaired) electrons. The maximum Gasteiger partial charge on any atom is 0.410 e. The smallest absolute Gasteiger partial charge is 0.410 e. The number of nitrogens with zero attached hydrogens (tertiary/aromatic N) is 4. The summed E-state index contributed by atoms with van der Waals surface area (Å²) < 4.78 is 7.87. The van der Waals surface area contributed by atoms with Crippen molar-refractivity contribution < 1.29 is 14.3 Å². The Morgan fingerprint density at radius 2 is 1.49 bits per heavy atom. The number of hydrogen-bond donors (Lipinski definition) is 3. The lowest BCUT2D eigenvalue weighted by Gasteiger charge is -2.40. The molecule has 250 valence electrons. The van der Waals surface area contributed by atoms with Gasteiger partial charge in [-0.2, -0.15) is 0 Å². The van der Waals surface area contributed by atoms with E-state index in [0.717, 1.165) is 53.6 Å². The maximum absolute atomic E-state index is 14.1. The van der Waals surface area contributed by atoms with E-state index < -0.39 is 12.2 Å². The Bertz CT molecular complexity index is 1860. The van der Waals surface area contributed by atoms with E-state index >= 15 is 0 Å². The molecule has 2 aromatic carbocycles. The van der Waals surface area contributed by atoms with Crippen LogP contribution in [0.4, 0.5) is 4.79 Å². The average Bonchev–Trinajstić information content (AvgIpc) is 3.63. The Balaban J connectivity index is 1.05. The van der Waals surface area contributed by atoms with Gasteiger partial charge in [0.2, 0.25) is 0 Å². The lowest BCUT2D eigenvalue weighted by molar-refractivity contribution is -0.142. The van der Waals surface area contributed by atoms with Crippen molar-refractivity contribution >= 4 is 34.1 Å². The van der Waals surface area contributed by atoms with Crippen LogP contribution in [0, 0.1) is 18.8 Å². The standard InChI is InChI=1S/C35H45N7O5/c1-22-19-23(20-28-31(22)38-33(44)36-28)21-30(32(43)40-15-9-25(10-16-40)24-7-13-39(2)14-8-24)47-35(46)41-17-11-26(12-18-41)42-29-6-4-3-5-27(29)37-34(42)45/h3-6,19-20,24-26,30H,7-18,21H2,1-2H3,(H,37,45)(H2,36,38,44). The molecule has 7 rings (SSSR count). The second-order valence-electron chi connectivity index (χ2n) is 13.8. The van der Waals surface area contributed by atoms with Crippen molar-refractivity contribution in [3.63, 3.8) is 0 Å². The third-order valence-corrected chi connectivity index (χ3v) is 10.8. The summed E-state index contributed by atoms with van der Waals surface area (Å²) in [7, 11) is 2.18. The van der Waals surface area contributed by atoms with E-state index in [1.807, 2.05) is 48.2 Å². The van der Waals surface area contributed by atoms with E-state index in [1.165, 1.54) is 12.8 Å². The molecule has 3 fully saturated rings. The van der Waals surface area contributed by atoms with Gasteiger partial charge in [-0.15, -0.1) is 0 Å². The lowest BCUT2D eigenvalue weighted by Crippen LogP contribution is -2.49. The van der Waals surface area contributed by atoms with Crippen LogP contribution in [0.1, 0.15) is 55.7 Å². The maximum atomic E-state index is 14.1. The molecule has 1 unspecified atom stereocenters. The van der Waals surface area contributed by atoms with Gasteiger partial charge in [-0.1, -0.05) is 18.2 Å². The summed E-state index contributed by atoms with van der Waals surface area (Å²) in [6.07, 6.45) is 4.29. The fourth-order valence-electron chi connectivity index (χ4n) is 8.14. The normalized spacial score (nSPS) is 19.9. The zero-order valence-corrected chi connectivity index (χ0v) is 27.3. The number of likely N-dealkylation sites (tertiary alicyclic amines) is 3. The van der Waals surface area contributed by atoms with Crippen molar-refractivity contribution in [2.45, 2.75) is 64.0 Å². The van der Waals surface area contributed by atoms with Crippen molar-refractivity contribution in [1.82, 2.24) is 34.2 Å². The number of rotatable bonds is 6. The lowest BCUT2D eigenvalue weighted by atomic mass is 9.79. The molecule has 0 bridgehead atoms. The van der Waals surface area contributed by atoms with E-state index in [1.54, 1.807) is 9.47 Å². The van der Waals surface area contributed by atoms with Crippen LogP contribution in [0.15, 0.2) is 46.0 Å². The first-order valence-corrected chi connectivity index (χ1v) is 17.1. The van der Waals surface area contributed by atoms with Crippen molar-refractivity contribution in [1.29, 1.82) is 0 Å². The highest BCUT2D eigenvalue weighted by atomic mass is 16.6. The monoisotopic (exact) mass is 643 g/mol. The predicted molar refractivity (Wildman–Crippen MR) is 180 cm³/mol. The molecular formula is C35H45N7O5. The SMILES string of the molecule is Cc1cc(CC(OC(=O)N2CCC(n3c(=O)[nH]c4ccccc43)CC2)C(=O)N2CCC(C3CCN(C)CC3)CC2)cc2[nH]c(=O)[nH]c12. The van der Waals surface area contributed by atoms with Gasteiger partial charge in [0.1, 0.15) is 0 Å². The number of H-pyrrole nitrogens is 3. The van der Waals surface area contributed by atoms with Gasteiger partial charge in [0.25, 0.3) is 5.91 Å². The van der Waals surface area contributed by atoms with Crippen LogP contribution in [-0.4, -0.2) is 98.6 Å². The molecule has 3 aliphatic rings. The first-order chi connectivity index (χ1) is 22.7. The second-order valence-corrected chi connectivity index (χ2v) is 13.8. The van der Waals surface area contributed by atoms with Crippen molar-refractivity contribution in [3.8, 4) is 0 Å². The zero-order chi connectivity index (χ0) is 32.7. The van der Waals surface area contributed by atoms with E-state index in [9.17, 15) is 19.2 Å². The molecule has 47 heavy (non-hydrogen) atoms. The molecule has 1 atom stereocenters. The number of imidazole rings is 2. The third kappa shape index (κ3) is 6.47. The van der Waals surface area contributed by atoms with E-state index in [-0.39, 0.29) is 29.7 Å². The molecule has 2 aromatic heterocycles. The minimum absolute atomic E-state index is 0.0378. The highest BCUT2D eigenvalue weighted by Gasteiger charge is 2.36. The number of ether oxygens (including phenoxy) is 1. The summed E-state index contributed by atoms with van der Waals surface area (Å²) in [4.78, 5) is 66.9. The van der Waals surface area contributed by atoms with Crippen molar-refractivity contribution in [3.05, 3.63) is 68.5 Å². The van der Waals surface area contributed by atoms with Gasteiger partial charge >= 0.3 is 17.5 Å². The number of nitrogens with one attached hydrogen (secondary N) is 3. The summed E-state index contributed by atoms with van der Waals surface area (Å²) in [5, 5.41) is 0. The predicted octanol–water partition coefficient (Wildman–Crippen LogP) is 3.77. The average molecular weight is 644 g/mol. The van der Waals surface area contributed by atoms with Crippen LogP contribution in [0.5, 0.6) is 0 Å². The molecule has 3 aliphatic heterocycles. The number of carbonyl (C=O) groups excluding carboxylic acids is 2. The Labute approximate surface area is 273 Å². The molecule has 5 heterocycles. The first kappa shape index (κ1) is 31.3. The number of hydrogen-bond acceptors (Lipinski definition) is 6. The number of aromatic nitrogens is 4. The van der Waals surface area contributed by atoms with E-state index in [0.29, 0.717) is 56.4 Å². The fourth-order valence-corrected chi connectivity index (χ4v) is 8.14. The van der Waals surface area contributed by atoms with Crippen LogP contribution < -0.4 is 11.4 Å². The summed E-state index contributed by atoms with van der Waals surface area (Å²) in [6, 6.07) is 11.4. The highest BCUT2D eigenvalue weighted by Crippen LogP contribution is 2.33. The van der Waals surface area contributed by atoms with Crippen LogP contribution >= 0.6 is 0 Å². The molecule has 12 nitrogen and oxygen atoms in total.